The summed E-state index contributed by atoms with van der Waals surface area (Å²) in [5.74, 6) is 1.78. The number of hydrogen-bond acceptors (Lipinski definition) is 3. The Morgan fingerprint density at radius 1 is 1.05 bits per heavy atom. The van der Waals surface area contributed by atoms with Crippen molar-refractivity contribution in [1.29, 1.82) is 0 Å². The van der Waals surface area contributed by atoms with Gasteiger partial charge in [0.25, 0.3) is 0 Å². The fourth-order valence-corrected chi connectivity index (χ4v) is 1.82. The zero-order valence-corrected chi connectivity index (χ0v) is 12.7. The molecule has 0 aliphatic rings. The maximum atomic E-state index is 6.11. The Morgan fingerprint density at radius 3 is 2.21 bits per heavy atom. The van der Waals surface area contributed by atoms with E-state index in [2.05, 4.69) is 26.1 Å². The summed E-state index contributed by atoms with van der Waals surface area (Å²) in [5, 5.41) is 3.43. The van der Waals surface area contributed by atoms with Gasteiger partial charge in [0.15, 0.2) is 0 Å². The van der Waals surface area contributed by atoms with Crippen LogP contribution in [0, 0.1) is 0 Å². The average Bonchev–Trinajstić information content (AvgIpc) is 2.42. The molecule has 0 bridgehead atoms. The smallest absolute Gasteiger partial charge is 0.120 e. The quantitative estimate of drug-likeness (QED) is 0.692. The molecule has 19 heavy (non-hydrogen) atoms. The second-order valence-electron chi connectivity index (χ2n) is 4.99. The molecule has 3 heteroatoms. The second kappa shape index (κ2) is 8.05. The van der Waals surface area contributed by atoms with Crippen molar-refractivity contribution in [2.75, 3.05) is 19.7 Å². The van der Waals surface area contributed by atoms with E-state index >= 15 is 0 Å². The lowest BCUT2D eigenvalue weighted by atomic mass is 10.0. The Balaban J connectivity index is 2.58. The third-order valence-corrected chi connectivity index (χ3v) is 3.17. The Hall–Kier alpha value is -1.22. The van der Waals surface area contributed by atoms with Crippen LogP contribution in [0.15, 0.2) is 24.3 Å². The standard InChI is InChI=1S/C16H27NO2/c1-5-12-17-13-16(4,6-2)19-15-10-8-14(9-11-15)18-7-3/h8-11,17H,5-7,12-13H2,1-4H3. The minimum atomic E-state index is -0.164. The zero-order valence-electron chi connectivity index (χ0n) is 12.7. The summed E-state index contributed by atoms with van der Waals surface area (Å²) in [4.78, 5) is 0. The predicted octanol–water partition coefficient (Wildman–Crippen LogP) is 3.63. The SMILES string of the molecule is CCCNCC(C)(CC)Oc1ccc(OCC)cc1. The van der Waals surface area contributed by atoms with Gasteiger partial charge in [-0.15, -0.1) is 0 Å². The van der Waals surface area contributed by atoms with Crippen LogP contribution in [0.2, 0.25) is 0 Å². The van der Waals surface area contributed by atoms with Crippen molar-refractivity contribution < 1.29 is 9.47 Å². The molecule has 3 nitrogen and oxygen atoms in total. The molecule has 0 spiro atoms. The molecule has 0 aliphatic carbocycles. The molecular weight excluding hydrogens is 238 g/mol. The van der Waals surface area contributed by atoms with Crippen LogP contribution >= 0.6 is 0 Å². The van der Waals surface area contributed by atoms with Crippen LogP contribution in [0.3, 0.4) is 0 Å². The molecule has 108 valence electrons. The Labute approximate surface area is 117 Å². The monoisotopic (exact) mass is 265 g/mol. The van der Waals surface area contributed by atoms with Gasteiger partial charge in [0.1, 0.15) is 17.1 Å². The average molecular weight is 265 g/mol. The number of benzene rings is 1. The normalized spacial score (nSPS) is 13.9. The summed E-state index contributed by atoms with van der Waals surface area (Å²) in [6.45, 7) is 11.0. The largest absolute Gasteiger partial charge is 0.494 e. The van der Waals surface area contributed by atoms with Gasteiger partial charge in [0, 0.05) is 6.54 Å². The molecule has 1 N–H and O–H groups in total. The summed E-state index contributed by atoms with van der Waals surface area (Å²) in [6.07, 6.45) is 2.11. The number of nitrogens with one attached hydrogen (secondary N) is 1. The van der Waals surface area contributed by atoms with Gasteiger partial charge < -0.3 is 14.8 Å². The first kappa shape index (κ1) is 15.8. The van der Waals surface area contributed by atoms with E-state index in [0.29, 0.717) is 6.61 Å². The maximum Gasteiger partial charge on any atom is 0.120 e. The highest BCUT2D eigenvalue weighted by Gasteiger charge is 2.23. The van der Waals surface area contributed by atoms with Crippen LogP contribution in [0.25, 0.3) is 0 Å². The van der Waals surface area contributed by atoms with Crippen LogP contribution < -0.4 is 14.8 Å². The minimum absolute atomic E-state index is 0.164. The number of hydrogen-bond donors (Lipinski definition) is 1. The number of ether oxygens (including phenoxy) is 2. The summed E-state index contributed by atoms with van der Waals surface area (Å²) < 4.78 is 11.5. The Morgan fingerprint density at radius 2 is 1.68 bits per heavy atom. The summed E-state index contributed by atoms with van der Waals surface area (Å²) >= 11 is 0. The molecule has 1 aromatic rings. The van der Waals surface area contributed by atoms with E-state index in [4.69, 9.17) is 9.47 Å². The van der Waals surface area contributed by atoms with Crippen LogP contribution in [-0.2, 0) is 0 Å². The van der Waals surface area contributed by atoms with Crippen molar-refractivity contribution in [2.24, 2.45) is 0 Å². The molecule has 0 saturated heterocycles. The highest BCUT2D eigenvalue weighted by molar-refractivity contribution is 5.31. The van der Waals surface area contributed by atoms with Crippen molar-refractivity contribution in [3.8, 4) is 11.5 Å². The fourth-order valence-electron chi connectivity index (χ4n) is 1.82. The van der Waals surface area contributed by atoms with Gasteiger partial charge >= 0.3 is 0 Å². The predicted molar refractivity (Wildman–Crippen MR) is 80.1 cm³/mol. The fraction of sp³-hybridized carbons (Fsp3) is 0.625. The first-order valence-electron chi connectivity index (χ1n) is 7.26. The van der Waals surface area contributed by atoms with Gasteiger partial charge in [0.2, 0.25) is 0 Å². The molecule has 0 saturated carbocycles. The molecule has 0 radical (unpaired) electrons. The summed E-state index contributed by atoms with van der Waals surface area (Å²) in [6, 6.07) is 7.85. The van der Waals surface area contributed by atoms with Crippen molar-refractivity contribution >= 4 is 0 Å². The van der Waals surface area contributed by atoms with Gasteiger partial charge in [-0.1, -0.05) is 13.8 Å². The third kappa shape index (κ3) is 5.52. The molecule has 0 amide bonds. The molecule has 1 aromatic carbocycles. The summed E-state index contributed by atoms with van der Waals surface area (Å²) in [5.41, 5.74) is -0.164. The van der Waals surface area contributed by atoms with Gasteiger partial charge in [-0.25, -0.2) is 0 Å². The molecule has 1 unspecified atom stereocenters. The Bertz CT molecular complexity index is 350. The third-order valence-electron chi connectivity index (χ3n) is 3.17. The molecule has 0 aliphatic heterocycles. The molecule has 0 aromatic heterocycles. The van der Waals surface area contributed by atoms with E-state index in [-0.39, 0.29) is 5.60 Å². The zero-order chi connectivity index (χ0) is 14.1. The summed E-state index contributed by atoms with van der Waals surface area (Å²) in [7, 11) is 0. The van der Waals surface area contributed by atoms with E-state index in [0.717, 1.165) is 37.4 Å². The van der Waals surface area contributed by atoms with E-state index in [1.165, 1.54) is 0 Å². The highest BCUT2D eigenvalue weighted by Crippen LogP contribution is 2.23. The topological polar surface area (TPSA) is 30.5 Å². The van der Waals surface area contributed by atoms with Crippen LogP contribution in [0.1, 0.15) is 40.5 Å². The van der Waals surface area contributed by atoms with Crippen molar-refractivity contribution in [2.45, 2.75) is 46.1 Å². The van der Waals surface area contributed by atoms with Crippen LogP contribution in [-0.4, -0.2) is 25.3 Å². The van der Waals surface area contributed by atoms with E-state index in [1.807, 2.05) is 31.2 Å². The lowest BCUT2D eigenvalue weighted by Gasteiger charge is -2.30. The lowest BCUT2D eigenvalue weighted by Crippen LogP contribution is -2.42. The second-order valence-corrected chi connectivity index (χ2v) is 4.99. The molecule has 1 rings (SSSR count). The number of rotatable bonds is 9. The molecule has 0 fully saturated rings. The van der Waals surface area contributed by atoms with Crippen LogP contribution in [0.4, 0.5) is 0 Å². The highest BCUT2D eigenvalue weighted by atomic mass is 16.5. The molecule has 0 heterocycles. The van der Waals surface area contributed by atoms with Gasteiger partial charge in [-0.3, -0.25) is 0 Å². The minimum Gasteiger partial charge on any atom is -0.494 e. The van der Waals surface area contributed by atoms with E-state index in [1.54, 1.807) is 0 Å². The Kier molecular flexibility index (Phi) is 6.71. The maximum absolute atomic E-state index is 6.11. The van der Waals surface area contributed by atoms with Crippen LogP contribution in [0.5, 0.6) is 11.5 Å². The molecular formula is C16H27NO2. The molecule has 1 atom stereocenters. The van der Waals surface area contributed by atoms with Crippen molar-refractivity contribution in [3.63, 3.8) is 0 Å². The van der Waals surface area contributed by atoms with Gasteiger partial charge in [-0.05, 0) is 57.5 Å². The lowest BCUT2D eigenvalue weighted by molar-refractivity contribution is 0.0837. The van der Waals surface area contributed by atoms with Gasteiger partial charge in [-0.2, -0.15) is 0 Å². The van der Waals surface area contributed by atoms with Crippen molar-refractivity contribution in [3.05, 3.63) is 24.3 Å². The first-order chi connectivity index (χ1) is 9.13. The van der Waals surface area contributed by atoms with Crippen molar-refractivity contribution in [1.82, 2.24) is 5.32 Å². The first-order valence-corrected chi connectivity index (χ1v) is 7.26. The van der Waals surface area contributed by atoms with Gasteiger partial charge in [0.05, 0.1) is 6.61 Å². The van der Waals surface area contributed by atoms with E-state index in [9.17, 15) is 0 Å². The van der Waals surface area contributed by atoms with E-state index < -0.39 is 0 Å².